The van der Waals surface area contributed by atoms with E-state index < -0.39 is 0 Å². The lowest BCUT2D eigenvalue weighted by Crippen LogP contribution is -2.31. The largest absolute Gasteiger partial charge is 0.508 e. The van der Waals surface area contributed by atoms with Crippen LogP contribution in [0.1, 0.15) is 97.9 Å². The van der Waals surface area contributed by atoms with Gasteiger partial charge in [-0.3, -0.25) is 0 Å². The maximum absolute atomic E-state index is 10.9. The van der Waals surface area contributed by atoms with Crippen molar-refractivity contribution >= 4 is 0 Å². The van der Waals surface area contributed by atoms with Crippen LogP contribution in [0.3, 0.4) is 0 Å². The number of phenols is 2. The first-order valence-electron chi connectivity index (χ1n) is 11.3. The van der Waals surface area contributed by atoms with Gasteiger partial charge in [-0.1, -0.05) is 62.8 Å². The summed E-state index contributed by atoms with van der Waals surface area (Å²) in [7, 11) is 0. The Hall–Kier alpha value is -2.00. The third-order valence-corrected chi connectivity index (χ3v) is 7.39. The Morgan fingerprint density at radius 2 is 1.59 bits per heavy atom. The SMILES string of the molecule is Cc1cc(C2(c3ccc(CO)cc3O)CCCCC2)cc(C2CCCCC2)c1O. The van der Waals surface area contributed by atoms with Crippen LogP contribution in [0, 0.1) is 6.92 Å². The predicted molar refractivity (Wildman–Crippen MR) is 117 cm³/mol. The molecule has 156 valence electrons. The number of phenolic OH excluding ortho intramolecular Hbond substituents is 2. The minimum absolute atomic E-state index is 0.0645. The van der Waals surface area contributed by atoms with Crippen LogP contribution >= 0.6 is 0 Å². The lowest BCUT2D eigenvalue weighted by Gasteiger charge is -2.40. The Morgan fingerprint density at radius 1 is 0.897 bits per heavy atom. The fourth-order valence-corrected chi connectivity index (χ4v) is 5.76. The van der Waals surface area contributed by atoms with E-state index in [0.717, 1.165) is 60.8 Å². The molecule has 0 aliphatic heterocycles. The van der Waals surface area contributed by atoms with E-state index in [1.165, 1.54) is 31.2 Å². The summed E-state index contributed by atoms with van der Waals surface area (Å²) < 4.78 is 0. The summed E-state index contributed by atoms with van der Waals surface area (Å²) in [6.07, 6.45) is 11.6. The molecule has 2 aliphatic rings. The van der Waals surface area contributed by atoms with E-state index in [-0.39, 0.29) is 17.8 Å². The van der Waals surface area contributed by atoms with Crippen molar-refractivity contribution in [1.29, 1.82) is 0 Å². The smallest absolute Gasteiger partial charge is 0.121 e. The van der Waals surface area contributed by atoms with Crippen LogP contribution in [0.15, 0.2) is 30.3 Å². The molecule has 2 saturated carbocycles. The van der Waals surface area contributed by atoms with Gasteiger partial charge in [-0.2, -0.15) is 0 Å². The molecule has 0 atom stereocenters. The van der Waals surface area contributed by atoms with E-state index in [0.29, 0.717) is 11.7 Å². The van der Waals surface area contributed by atoms with Crippen LogP contribution in [0.2, 0.25) is 0 Å². The van der Waals surface area contributed by atoms with Crippen LogP contribution in [0.25, 0.3) is 0 Å². The molecule has 0 aromatic heterocycles. The van der Waals surface area contributed by atoms with E-state index in [2.05, 4.69) is 12.1 Å². The average molecular weight is 395 g/mol. The highest BCUT2D eigenvalue weighted by molar-refractivity contribution is 5.53. The van der Waals surface area contributed by atoms with Gasteiger partial charge in [0.2, 0.25) is 0 Å². The second-order valence-corrected chi connectivity index (χ2v) is 9.22. The summed E-state index contributed by atoms with van der Waals surface area (Å²) in [5, 5.41) is 31.2. The Bertz CT molecular complexity index is 858. The first kappa shape index (κ1) is 20.3. The number of aryl methyl sites for hydroxylation is 1. The van der Waals surface area contributed by atoms with Crippen molar-refractivity contribution in [1.82, 2.24) is 0 Å². The van der Waals surface area contributed by atoms with Gasteiger partial charge >= 0.3 is 0 Å². The minimum Gasteiger partial charge on any atom is -0.508 e. The van der Waals surface area contributed by atoms with Crippen LogP contribution in [0.4, 0.5) is 0 Å². The van der Waals surface area contributed by atoms with Gasteiger partial charge in [0.15, 0.2) is 0 Å². The molecular formula is C26H34O3. The van der Waals surface area contributed by atoms with E-state index in [4.69, 9.17) is 0 Å². The molecule has 0 saturated heterocycles. The first-order valence-corrected chi connectivity index (χ1v) is 11.3. The molecule has 0 bridgehead atoms. The highest BCUT2D eigenvalue weighted by Gasteiger charge is 2.39. The Kier molecular flexibility index (Phi) is 5.87. The van der Waals surface area contributed by atoms with E-state index in [9.17, 15) is 15.3 Å². The van der Waals surface area contributed by atoms with Crippen molar-refractivity contribution in [3.05, 3.63) is 58.1 Å². The van der Waals surface area contributed by atoms with Crippen LogP contribution in [-0.4, -0.2) is 15.3 Å². The van der Waals surface area contributed by atoms with Gasteiger partial charge in [-0.25, -0.2) is 0 Å². The summed E-state index contributed by atoms with van der Waals surface area (Å²) in [4.78, 5) is 0. The van der Waals surface area contributed by atoms with Crippen molar-refractivity contribution in [3.8, 4) is 11.5 Å². The quantitative estimate of drug-likeness (QED) is 0.579. The van der Waals surface area contributed by atoms with Crippen LogP contribution < -0.4 is 0 Å². The zero-order valence-corrected chi connectivity index (χ0v) is 17.6. The first-order chi connectivity index (χ1) is 14.0. The zero-order valence-electron chi connectivity index (χ0n) is 17.6. The summed E-state index contributed by atoms with van der Waals surface area (Å²) in [5.41, 5.74) is 4.77. The third kappa shape index (κ3) is 3.77. The van der Waals surface area contributed by atoms with E-state index in [1.807, 2.05) is 19.1 Å². The van der Waals surface area contributed by atoms with E-state index >= 15 is 0 Å². The second kappa shape index (κ2) is 8.39. The molecule has 4 rings (SSSR count). The molecule has 2 aromatic rings. The van der Waals surface area contributed by atoms with Crippen molar-refractivity contribution in [2.75, 3.05) is 0 Å². The lowest BCUT2D eigenvalue weighted by molar-refractivity contribution is 0.280. The zero-order chi connectivity index (χ0) is 20.4. The number of hydrogen-bond donors (Lipinski definition) is 3. The molecule has 3 nitrogen and oxygen atoms in total. The molecule has 0 spiro atoms. The van der Waals surface area contributed by atoms with E-state index in [1.54, 1.807) is 6.07 Å². The summed E-state index contributed by atoms with van der Waals surface area (Å²) in [6, 6.07) is 10.0. The summed E-state index contributed by atoms with van der Waals surface area (Å²) in [6.45, 7) is 1.95. The Labute approximate surface area is 174 Å². The third-order valence-electron chi connectivity index (χ3n) is 7.39. The van der Waals surface area contributed by atoms with Crippen LogP contribution in [0.5, 0.6) is 11.5 Å². The summed E-state index contributed by atoms with van der Waals surface area (Å²) >= 11 is 0. The number of benzene rings is 2. The maximum Gasteiger partial charge on any atom is 0.121 e. The van der Waals surface area contributed by atoms with Gasteiger partial charge in [-0.05, 0) is 66.8 Å². The standard InChI is InChI=1S/C26H34O3/c1-18-14-21(16-22(25(18)29)20-8-4-2-5-9-20)26(12-6-3-7-13-26)23-11-10-19(17-27)15-24(23)28/h10-11,14-16,20,27-29H,2-9,12-13,17H2,1H3. The van der Waals surface area contributed by atoms with Gasteiger partial charge in [-0.15, -0.1) is 0 Å². The molecule has 29 heavy (non-hydrogen) atoms. The summed E-state index contributed by atoms with van der Waals surface area (Å²) in [5.74, 6) is 1.18. The fraction of sp³-hybridized carbons (Fsp3) is 0.538. The number of aromatic hydroxyl groups is 2. The molecule has 2 fully saturated rings. The highest BCUT2D eigenvalue weighted by Crippen LogP contribution is 2.50. The molecule has 0 amide bonds. The topological polar surface area (TPSA) is 60.7 Å². The normalized spacial score (nSPS) is 19.9. The van der Waals surface area contributed by atoms with Crippen molar-refractivity contribution in [2.45, 2.75) is 89.1 Å². The average Bonchev–Trinajstić information content (AvgIpc) is 2.76. The van der Waals surface area contributed by atoms with Gasteiger partial charge in [0, 0.05) is 11.0 Å². The maximum atomic E-state index is 10.9. The van der Waals surface area contributed by atoms with Gasteiger partial charge in [0.25, 0.3) is 0 Å². The van der Waals surface area contributed by atoms with Gasteiger partial charge in [0.1, 0.15) is 11.5 Å². The van der Waals surface area contributed by atoms with Crippen molar-refractivity contribution in [2.24, 2.45) is 0 Å². The fourth-order valence-electron chi connectivity index (χ4n) is 5.76. The molecule has 0 unspecified atom stereocenters. The molecule has 2 aliphatic carbocycles. The van der Waals surface area contributed by atoms with Crippen molar-refractivity contribution < 1.29 is 15.3 Å². The highest BCUT2D eigenvalue weighted by atomic mass is 16.3. The number of aliphatic hydroxyl groups is 1. The monoisotopic (exact) mass is 394 g/mol. The van der Waals surface area contributed by atoms with Gasteiger partial charge < -0.3 is 15.3 Å². The van der Waals surface area contributed by atoms with Crippen molar-refractivity contribution in [3.63, 3.8) is 0 Å². The number of hydrogen-bond acceptors (Lipinski definition) is 3. The molecule has 0 radical (unpaired) electrons. The Balaban J connectivity index is 1.85. The molecule has 3 heteroatoms. The lowest BCUT2D eigenvalue weighted by atomic mass is 9.64. The van der Waals surface area contributed by atoms with Gasteiger partial charge in [0.05, 0.1) is 6.61 Å². The molecule has 2 aromatic carbocycles. The number of aliphatic hydroxyl groups excluding tert-OH is 1. The molecule has 3 N–H and O–H groups in total. The second-order valence-electron chi connectivity index (χ2n) is 9.22. The minimum atomic E-state index is -0.224. The molecule has 0 heterocycles. The Morgan fingerprint density at radius 3 is 2.24 bits per heavy atom. The predicted octanol–water partition coefficient (Wildman–Crippen LogP) is 6.20. The van der Waals surface area contributed by atoms with Crippen LogP contribution in [-0.2, 0) is 12.0 Å². The molecular weight excluding hydrogens is 360 g/mol. The number of rotatable bonds is 4.